The Labute approximate surface area is 160 Å². The van der Waals surface area contributed by atoms with Gasteiger partial charge in [-0.25, -0.2) is 4.98 Å². The molecule has 1 N–H and O–H groups in total. The van der Waals surface area contributed by atoms with Gasteiger partial charge in [0.15, 0.2) is 5.75 Å². The van der Waals surface area contributed by atoms with Crippen molar-refractivity contribution in [3.63, 3.8) is 0 Å². The Morgan fingerprint density at radius 2 is 1.71 bits per heavy atom. The second-order valence-corrected chi connectivity index (χ2v) is 6.94. The van der Waals surface area contributed by atoms with E-state index in [2.05, 4.69) is 15.2 Å². The van der Waals surface area contributed by atoms with Crippen LogP contribution in [-0.4, -0.2) is 24.1 Å². The van der Waals surface area contributed by atoms with Crippen molar-refractivity contribution in [1.29, 1.82) is 0 Å². The van der Waals surface area contributed by atoms with Gasteiger partial charge >= 0.3 is 6.18 Å². The zero-order valence-electron chi connectivity index (χ0n) is 15.0. The molecule has 4 rings (SSSR count). The van der Waals surface area contributed by atoms with Gasteiger partial charge in [0.1, 0.15) is 5.82 Å². The van der Waals surface area contributed by atoms with Crippen LogP contribution in [0, 0.1) is 0 Å². The van der Waals surface area contributed by atoms with Crippen molar-refractivity contribution in [1.82, 2.24) is 4.98 Å². The van der Waals surface area contributed by atoms with Crippen LogP contribution >= 0.6 is 0 Å². The molecular weight excluding hydrogens is 367 g/mol. The van der Waals surface area contributed by atoms with Gasteiger partial charge < -0.3 is 10.2 Å². The summed E-state index contributed by atoms with van der Waals surface area (Å²) in [6.45, 7) is 1.36. The van der Waals surface area contributed by atoms with Gasteiger partial charge in [-0.1, -0.05) is 18.2 Å². The summed E-state index contributed by atoms with van der Waals surface area (Å²) < 4.78 is 39.5. The van der Waals surface area contributed by atoms with E-state index in [1.807, 2.05) is 12.1 Å². The van der Waals surface area contributed by atoms with Crippen LogP contribution in [-0.2, 0) is 11.3 Å². The maximum absolute atomic E-state index is 13.2. The van der Waals surface area contributed by atoms with Crippen LogP contribution in [0.5, 0.6) is 5.75 Å². The number of pyridine rings is 1. The maximum atomic E-state index is 13.2. The van der Waals surface area contributed by atoms with E-state index in [4.69, 9.17) is 0 Å². The first kappa shape index (κ1) is 18.4. The fourth-order valence-corrected chi connectivity index (χ4v) is 3.62. The Balaban J connectivity index is 1.44. The molecule has 4 nitrogen and oxygen atoms in total. The molecule has 0 atom stereocenters. The lowest BCUT2D eigenvalue weighted by Crippen LogP contribution is -2.39. The van der Waals surface area contributed by atoms with Crippen LogP contribution < -0.4 is 10.2 Å². The minimum absolute atomic E-state index is 0.0338. The van der Waals surface area contributed by atoms with Crippen molar-refractivity contribution in [2.45, 2.75) is 25.1 Å². The van der Waals surface area contributed by atoms with Gasteiger partial charge in [-0.2, -0.15) is 13.2 Å². The lowest BCUT2D eigenvalue weighted by Gasteiger charge is -2.34. The van der Waals surface area contributed by atoms with Gasteiger partial charge in [0.05, 0.1) is 11.1 Å². The second kappa shape index (κ2) is 7.22. The molecule has 1 fully saturated rings. The lowest BCUT2D eigenvalue weighted by atomic mass is 10.0. The molecule has 1 radical (unpaired) electrons. The van der Waals surface area contributed by atoms with Crippen molar-refractivity contribution in [2.75, 3.05) is 23.3 Å². The van der Waals surface area contributed by atoms with Gasteiger partial charge in [0, 0.05) is 30.2 Å². The van der Waals surface area contributed by atoms with Crippen molar-refractivity contribution >= 4 is 22.4 Å². The quantitative estimate of drug-likeness (QED) is 0.649. The molecular formula is C21H19F3N3O. The summed E-state index contributed by atoms with van der Waals surface area (Å²) in [5.41, 5.74) is 0.145. The summed E-state index contributed by atoms with van der Waals surface area (Å²) in [6.07, 6.45) is -2.97. The molecule has 1 aliphatic heterocycles. The standard InChI is InChI=1S/C21H19F3N3O/c22-21(23,24)16-4-1-2-5-18(16)25-14-10-12-27(13-11-14)20-9-8-15-17(26-20)6-3-7-19(15)28/h1-9,14,25H,10-13H2. The number of para-hydroxylation sites is 1. The SMILES string of the molecule is [O]c1cccc2nc(N3CCC(Nc4ccccc4C(F)(F)F)CC3)ccc12. The highest BCUT2D eigenvalue weighted by Gasteiger charge is 2.34. The summed E-state index contributed by atoms with van der Waals surface area (Å²) in [5.74, 6) is 0.732. The third-order valence-electron chi connectivity index (χ3n) is 5.09. The first-order valence-electron chi connectivity index (χ1n) is 9.16. The highest BCUT2D eigenvalue weighted by atomic mass is 19.4. The first-order chi connectivity index (χ1) is 13.4. The predicted molar refractivity (Wildman–Crippen MR) is 102 cm³/mol. The number of fused-ring (bicyclic) bond motifs is 1. The molecule has 28 heavy (non-hydrogen) atoms. The van der Waals surface area contributed by atoms with Crippen LogP contribution in [0.3, 0.4) is 0 Å². The summed E-state index contributed by atoms with van der Waals surface area (Å²) in [4.78, 5) is 6.67. The fourth-order valence-electron chi connectivity index (χ4n) is 3.62. The van der Waals surface area contributed by atoms with Gasteiger partial charge in [-0.15, -0.1) is 0 Å². The number of anilines is 2. The molecule has 0 saturated carbocycles. The van der Waals surface area contributed by atoms with Gasteiger partial charge in [0.25, 0.3) is 0 Å². The zero-order valence-corrected chi connectivity index (χ0v) is 15.0. The highest BCUT2D eigenvalue weighted by molar-refractivity contribution is 5.86. The monoisotopic (exact) mass is 386 g/mol. The largest absolute Gasteiger partial charge is 0.418 e. The minimum Gasteiger partial charge on any atom is -0.382 e. The lowest BCUT2D eigenvalue weighted by molar-refractivity contribution is -0.137. The van der Waals surface area contributed by atoms with Gasteiger partial charge in [-0.3, -0.25) is 5.11 Å². The number of rotatable bonds is 3. The molecule has 0 bridgehead atoms. The number of nitrogens with one attached hydrogen (secondary N) is 1. The normalized spacial score (nSPS) is 15.8. The Morgan fingerprint density at radius 1 is 0.964 bits per heavy atom. The van der Waals surface area contributed by atoms with Crippen molar-refractivity contribution in [3.8, 4) is 5.75 Å². The summed E-state index contributed by atoms with van der Waals surface area (Å²) in [5, 5.41) is 15.5. The molecule has 2 heterocycles. The summed E-state index contributed by atoms with van der Waals surface area (Å²) in [6, 6.07) is 14.2. The number of aromatic nitrogens is 1. The van der Waals surface area contributed by atoms with Crippen molar-refractivity contribution in [2.24, 2.45) is 0 Å². The van der Waals surface area contributed by atoms with E-state index in [0.717, 1.165) is 11.9 Å². The maximum Gasteiger partial charge on any atom is 0.418 e. The molecule has 0 spiro atoms. The molecule has 3 aromatic rings. The van der Waals surface area contributed by atoms with E-state index in [1.165, 1.54) is 18.2 Å². The van der Waals surface area contributed by atoms with E-state index in [0.29, 0.717) is 36.8 Å². The molecule has 2 aromatic carbocycles. The first-order valence-corrected chi connectivity index (χ1v) is 9.16. The Bertz CT molecular complexity index is 982. The smallest absolute Gasteiger partial charge is 0.382 e. The summed E-state index contributed by atoms with van der Waals surface area (Å²) in [7, 11) is 0. The van der Waals surface area contributed by atoms with E-state index >= 15 is 0 Å². The van der Waals surface area contributed by atoms with Gasteiger partial charge in [-0.05, 0) is 49.2 Å². The average molecular weight is 386 g/mol. The number of piperidine rings is 1. The number of nitrogens with zero attached hydrogens (tertiary/aromatic N) is 2. The molecule has 145 valence electrons. The Morgan fingerprint density at radius 3 is 2.46 bits per heavy atom. The van der Waals surface area contributed by atoms with Crippen LogP contribution in [0.15, 0.2) is 54.6 Å². The number of halogens is 3. The van der Waals surface area contributed by atoms with Crippen LogP contribution in [0.1, 0.15) is 18.4 Å². The zero-order chi connectivity index (χ0) is 19.7. The molecule has 1 aliphatic rings. The number of hydrogen-bond acceptors (Lipinski definition) is 3. The van der Waals surface area contributed by atoms with Gasteiger partial charge in [0.2, 0.25) is 0 Å². The van der Waals surface area contributed by atoms with E-state index in [-0.39, 0.29) is 17.5 Å². The molecule has 0 unspecified atom stereocenters. The van der Waals surface area contributed by atoms with E-state index in [1.54, 1.807) is 18.2 Å². The van der Waals surface area contributed by atoms with E-state index in [9.17, 15) is 18.3 Å². The average Bonchev–Trinajstić information content (AvgIpc) is 2.68. The van der Waals surface area contributed by atoms with Crippen LogP contribution in [0.25, 0.3) is 10.9 Å². The van der Waals surface area contributed by atoms with Crippen LogP contribution in [0.4, 0.5) is 24.7 Å². The molecule has 0 aliphatic carbocycles. The van der Waals surface area contributed by atoms with Crippen LogP contribution in [0.2, 0.25) is 0 Å². The number of benzene rings is 2. The topological polar surface area (TPSA) is 48.1 Å². The number of alkyl halides is 3. The Hall–Kier alpha value is -2.96. The minimum atomic E-state index is -4.38. The Kier molecular flexibility index (Phi) is 4.75. The third-order valence-corrected chi connectivity index (χ3v) is 5.09. The molecule has 1 aromatic heterocycles. The molecule has 1 saturated heterocycles. The second-order valence-electron chi connectivity index (χ2n) is 6.94. The number of hydrogen-bond donors (Lipinski definition) is 1. The van der Waals surface area contributed by atoms with E-state index < -0.39 is 11.7 Å². The molecule has 0 amide bonds. The third kappa shape index (κ3) is 3.69. The summed E-state index contributed by atoms with van der Waals surface area (Å²) >= 11 is 0. The highest BCUT2D eigenvalue weighted by Crippen LogP contribution is 2.35. The van der Waals surface area contributed by atoms with Crippen molar-refractivity contribution < 1.29 is 18.3 Å². The molecule has 7 heteroatoms. The fraction of sp³-hybridized carbons (Fsp3) is 0.286. The predicted octanol–water partition coefficient (Wildman–Crippen LogP) is 5.48. The van der Waals surface area contributed by atoms with Crippen molar-refractivity contribution in [3.05, 3.63) is 60.2 Å².